The molecule has 0 aliphatic carbocycles. The highest BCUT2D eigenvalue weighted by molar-refractivity contribution is 7.03. The second-order valence-corrected chi connectivity index (χ2v) is 4.30. The quantitative estimate of drug-likeness (QED) is 0.838. The molecule has 90 valence electrons. The smallest absolute Gasteiger partial charge is 0.272 e. The number of carbonyl (C=O) groups excluding carboxylic acids is 1. The minimum Gasteiger partial charge on any atom is -0.351 e. The minimum atomic E-state index is -0.116. The van der Waals surface area contributed by atoms with Crippen LogP contribution in [0.25, 0.3) is 0 Å². The first kappa shape index (κ1) is 13.3. The molecule has 2 heterocycles. The Morgan fingerprint density at radius 3 is 3.19 bits per heavy atom. The number of nitrogens with zero attached hydrogens (tertiary/aromatic N) is 2. The van der Waals surface area contributed by atoms with E-state index in [1.54, 1.807) is 5.38 Å². The van der Waals surface area contributed by atoms with Crippen LogP contribution in [0.2, 0.25) is 0 Å². The first-order chi connectivity index (χ1) is 7.36. The molecule has 16 heavy (non-hydrogen) atoms. The zero-order valence-electron chi connectivity index (χ0n) is 8.81. The van der Waals surface area contributed by atoms with E-state index in [2.05, 4.69) is 20.2 Å². The lowest BCUT2D eigenvalue weighted by atomic mass is 10.1. The standard InChI is InChI=1S/C9H14N4OS.ClH/c14-9(8-6-15-13-12-8)11-4-2-7-1-3-10-5-7;/h6-7,10H,1-5H2,(H,11,14);1H. The van der Waals surface area contributed by atoms with E-state index >= 15 is 0 Å². The van der Waals surface area contributed by atoms with Crippen LogP contribution in [0.1, 0.15) is 23.3 Å². The number of nitrogens with one attached hydrogen (secondary N) is 2. The van der Waals surface area contributed by atoms with Crippen LogP contribution in [0.5, 0.6) is 0 Å². The van der Waals surface area contributed by atoms with Gasteiger partial charge in [-0.2, -0.15) is 0 Å². The fraction of sp³-hybridized carbons (Fsp3) is 0.667. The second-order valence-electron chi connectivity index (χ2n) is 3.69. The fourth-order valence-corrected chi connectivity index (χ4v) is 2.14. The van der Waals surface area contributed by atoms with Crippen molar-refractivity contribution in [2.45, 2.75) is 12.8 Å². The molecule has 1 amide bonds. The van der Waals surface area contributed by atoms with E-state index in [-0.39, 0.29) is 18.3 Å². The summed E-state index contributed by atoms with van der Waals surface area (Å²) >= 11 is 1.19. The summed E-state index contributed by atoms with van der Waals surface area (Å²) in [6, 6.07) is 0. The van der Waals surface area contributed by atoms with Gasteiger partial charge in [-0.3, -0.25) is 4.79 Å². The molecule has 0 radical (unpaired) electrons. The molecule has 0 spiro atoms. The number of amides is 1. The van der Waals surface area contributed by atoms with Crippen molar-refractivity contribution in [2.75, 3.05) is 19.6 Å². The summed E-state index contributed by atoms with van der Waals surface area (Å²) < 4.78 is 3.65. The van der Waals surface area contributed by atoms with E-state index in [4.69, 9.17) is 0 Å². The summed E-state index contributed by atoms with van der Waals surface area (Å²) in [7, 11) is 0. The van der Waals surface area contributed by atoms with Gasteiger partial charge in [-0.15, -0.1) is 17.5 Å². The average Bonchev–Trinajstić information content (AvgIpc) is 2.90. The van der Waals surface area contributed by atoms with Gasteiger partial charge in [0.05, 0.1) is 0 Å². The Hall–Kier alpha value is -0.720. The van der Waals surface area contributed by atoms with Gasteiger partial charge in [0.2, 0.25) is 0 Å². The lowest BCUT2D eigenvalue weighted by Gasteiger charge is -2.07. The summed E-state index contributed by atoms with van der Waals surface area (Å²) in [5, 5.41) is 11.5. The zero-order chi connectivity index (χ0) is 10.5. The first-order valence-electron chi connectivity index (χ1n) is 5.12. The van der Waals surface area contributed by atoms with Gasteiger partial charge in [0.15, 0.2) is 5.69 Å². The normalized spacial score (nSPS) is 19.1. The molecule has 1 unspecified atom stereocenters. The van der Waals surface area contributed by atoms with Gasteiger partial charge in [0.25, 0.3) is 5.91 Å². The highest BCUT2D eigenvalue weighted by Gasteiger charge is 2.14. The summed E-state index contributed by atoms with van der Waals surface area (Å²) in [4.78, 5) is 11.5. The van der Waals surface area contributed by atoms with Gasteiger partial charge in [0.1, 0.15) is 0 Å². The van der Waals surface area contributed by atoms with Gasteiger partial charge in [0, 0.05) is 11.9 Å². The van der Waals surface area contributed by atoms with Gasteiger partial charge in [-0.25, -0.2) is 0 Å². The van der Waals surface area contributed by atoms with E-state index in [0.29, 0.717) is 11.6 Å². The monoisotopic (exact) mass is 262 g/mol. The van der Waals surface area contributed by atoms with E-state index < -0.39 is 0 Å². The summed E-state index contributed by atoms with van der Waals surface area (Å²) in [5.41, 5.74) is 0.421. The maximum absolute atomic E-state index is 11.5. The maximum atomic E-state index is 11.5. The summed E-state index contributed by atoms with van der Waals surface area (Å²) in [6.45, 7) is 2.91. The maximum Gasteiger partial charge on any atom is 0.272 e. The van der Waals surface area contributed by atoms with Gasteiger partial charge >= 0.3 is 0 Å². The number of aromatic nitrogens is 2. The highest BCUT2D eigenvalue weighted by atomic mass is 35.5. The largest absolute Gasteiger partial charge is 0.351 e. The molecule has 1 aliphatic rings. The molecular formula is C9H15ClN4OS. The van der Waals surface area contributed by atoms with Crippen LogP contribution in [0, 0.1) is 5.92 Å². The molecule has 7 heteroatoms. The molecule has 2 N–H and O–H groups in total. The molecule has 1 atom stereocenters. The van der Waals surface area contributed by atoms with Gasteiger partial charge in [-0.1, -0.05) is 4.49 Å². The molecule has 0 saturated carbocycles. The molecule has 2 rings (SSSR count). The Morgan fingerprint density at radius 2 is 2.56 bits per heavy atom. The van der Waals surface area contributed by atoms with Crippen molar-refractivity contribution in [1.29, 1.82) is 0 Å². The molecule has 5 nitrogen and oxygen atoms in total. The number of halogens is 1. The molecular weight excluding hydrogens is 248 g/mol. The molecule has 1 aliphatic heterocycles. The first-order valence-corrected chi connectivity index (χ1v) is 5.96. The van der Waals surface area contributed by atoms with E-state index in [0.717, 1.165) is 26.1 Å². The van der Waals surface area contributed by atoms with Crippen LogP contribution in [0.3, 0.4) is 0 Å². The van der Waals surface area contributed by atoms with Gasteiger partial charge in [-0.05, 0) is 43.4 Å². The van der Waals surface area contributed by atoms with Crippen molar-refractivity contribution in [2.24, 2.45) is 5.92 Å². The van der Waals surface area contributed by atoms with Crippen LogP contribution in [-0.2, 0) is 0 Å². The van der Waals surface area contributed by atoms with Crippen LogP contribution >= 0.6 is 23.9 Å². The van der Waals surface area contributed by atoms with Crippen molar-refractivity contribution in [3.63, 3.8) is 0 Å². The summed E-state index contributed by atoms with van der Waals surface area (Å²) in [6.07, 6.45) is 2.25. The summed E-state index contributed by atoms with van der Waals surface area (Å²) in [5.74, 6) is 0.591. The van der Waals surface area contributed by atoms with Crippen molar-refractivity contribution in [3.05, 3.63) is 11.1 Å². The fourth-order valence-electron chi connectivity index (χ4n) is 1.70. The Kier molecular flexibility index (Phi) is 5.65. The molecule has 0 bridgehead atoms. The third-order valence-corrected chi connectivity index (χ3v) is 3.10. The van der Waals surface area contributed by atoms with Crippen molar-refractivity contribution in [1.82, 2.24) is 20.2 Å². The molecule has 1 aromatic rings. The van der Waals surface area contributed by atoms with Crippen LogP contribution in [0.15, 0.2) is 5.38 Å². The number of rotatable bonds is 4. The lowest BCUT2D eigenvalue weighted by molar-refractivity contribution is 0.0946. The van der Waals surface area contributed by atoms with Gasteiger partial charge < -0.3 is 10.6 Å². The van der Waals surface area contributed by atoms with Crippen molar-refractivity contribution >= 4 is 29.8 Å². The van der Waals surface area contributed by atoms with Crippen LogP contribution < -0.4 is 10.6 Å². The van der Waals surface area contributed by atoms with E-state index in [1.807, 2.05) is 0 Å². The minimum absolute atomic E-state index is 0. The average molecular weight is 263 g/mol. The molecule has 1 fully saturated rings. The number of carbonyl (C=O) groups is 1. The third-order valence-electron chi connectivity index (χ3n) is 2.59. The Bertz CT molecular complexity index is 313. The van der Waals surface area contributed by atoms with E-state index in [9.17, 15) is 4.79 Å². The van der Waals surface area contributed by atoms with Crippen LogP contribution in [-0.4, -0.2) is 35.1 Å². The molecule has 0 aromatic carbocycles. The Labute approximate surface area is 105 Å². The van der Waals surface area contributed by atoms with Crippen molar-refractivity contribution in [3.8, 4) is 0 Å². The molecule has 1 aromatic heterocycles. The SMILES string of the molecule is Cl.O=C(NCCC1CCNC1)c1csnn1. The van der Waals surface area contributed by atoms with Crippen LogP contribution in [0.4, 0.5) is 0 Å². The second kappa shape index (κ2) is 6.78. The Balaban J connectivity index is 0.00000128. The van der Waals surface area contributed by atoms with E-state index in [1.165, 1.54) is 18.0 Å². The van der Waals surface area contributed by atoms with Crippen molar-refractivity contribution < 1.29 is 4.79 Å². The molecule has 1 saturated heterocycles. The highest BCUT2D eigenvalue weighted by Crippen LogP contribution is 2.10. The number of hydrogen-bond acceptors (Lipinski definition) is 5. The number of hydrogen-bond donors (Lipinski definition) is 2. The lowest BCUT2D eigenvalue weighted by Crippen LogP contribution is -2.26. The predicted molar refractivity (Wildman–Crippen MR) is 65.1 cm³/mol. The Morgan fingerprint density at radius 1 is 1.69 bits per heavy atom. The third kappa shape index (κ3) is 3.70. The zero-order valence-corrected chi connectivity index (χ0v) is 10.4. The topological polar surface area (TPSA) is 66.9 Å². The predicted octanol–water partition coefficient (Wildman–Crippen LogP) is 0.689.